The van der Waals surface area contributed by atoms with Crippen LogP contribution in [0, 0.1) is 0 Å². The predicted octanol–water partition coefficient (Wildman–Crippen LogP) is 5.10. The Balaban J connectivity index is 1.54. The van der Waals surface area contributed by atoms with Gasteiger partial charge in [0, 0.05) is 12.0 Å². The molecule has 1 unspecified atom stereocenters. The lowest BCUT2D eigenvalue weighted by atomic mass is 9.90. The highest BCUT2D eigenvalue weighted by Crippen LogP contribution is 2.36. The lowest BCUT2D eigenvalue weighted by molar-refractivity contribution is 0.381. The number of benzene rings is 2. The molecular weight excluding hydrogens is 292 g/mol. The molecule has 0 saturated heterocycles. The van der Waals surface area contributed by atoms with Crippen LogP contribution in [0.5, 0.6) is 0 Å². The summed E-state index contributed by atoms with van der Waals surface area (Å²) in [5.74, 6) is 0.332. The normalized spacial score (nSPS) is 20.4. The van der Waals surface area contributed by atoms with Crippen molar-refractivity contribution in [2.45, 2.75) is 44.1 Å². The van der Waals surface area contributed by atoms with Crippen molar-refractivity contribution < 1.29 is 0 Å². The lowest BCUT2D eigenvalue weighted by Crippen LogP contribution is -2.26. The Bertz CT molecular complexity index is 754. The van der Waals surface area contributed by atoms with Gasteiger partial charge < -0.3 is 5.43 Å². The molecular formula is C22H24N2. The lowest BCUT2D eigenvalue weighted by Gasteiger charge is -2.21. The van der Waals surface area contributed by atoms with E-state index < -0.39 is 0 Å². The Morgan fingerprint density at radius 2 is 1.62 bits per heavy atom. The van der Waals surface area contributed by atoms with E-state index in [9.17, 15) is 0 Å². The largest absolute Gasteiger partial charge is 0.307 e. The Morgan fingerprint density at radius 1 is 0.875 bits per heavy atom. The monoisotopic (exact) mass is 316 g/mol. The molecule has 2 aromatic rings. The van der Waals surface area contributed by atoms with E-state index in [-0.39, 0.29) is 0 Å². The molecule has 2 aromatic carbocycles. The van der Waals surface area contributed by atoms with Crippen molar-refractivity contribution in [2.24, 2.45) is 5.10 Å². The summed E-state index contributed by atoms with van der Waals surface area (Å²) in [6, 6.07) is 17.8. The van der Waals surface area contributed by atoms with Gasteiger partial charge >= 0.3 is 0 Å². The first-order chi connectivity index (χ1) is 11.9. The summed E-state index contributed by atoms with van der Waals surface area (Å²) in [6.45, 7) is 0. The van der Waals surface area contributed by atoms with Crippen molar-refractivity contribution in [3.63, 3.8) is 0 Å². The van der Waals surface area contributed by atoms with Gasteiger partial charge in [-0.15, -0.1) is 0 Å². The molecule has 2 heteroatoms. The number of nitrogens with zero attached hydrogens (tertiary/aromatic N) is 1. The Hall–Kier alpha value is -2.35. The third-order valence-corrected chi connectivity index (χ3v) is 5.20. The molecule has 4 rings (SSSR count). The van der Waals surface area contributed by atoms with Gasteiger partial charge in [0.05, 0.1) is 6.21 Å². The average Bonchev–Trinajstić information content (AvgIpc) is 3.07. The predicted molar refractivity (Wildman–Crippen MR) is 101 cm³/mol. The average molecular weight is 316 g/mol. The highest BCUT2D eigenvalue weighted by molar-refractivity contribution is 5.83. The summed E-state index contributed by atoms with van der Waals surface area (Å²) >= 11 is 0. The first-order valence-corrected chi connectivity index (χ1v) is 9.06. The molecule has 24 heavy (non-hydrogen) atoms. The van der Waals surface area contributed by atoms with E-state index in [1.54, 1.807) is 0 Å². The van der Waals surface area contributed by atoms with Crippen LogP contribution in [0.15, 0.2) is 59.7 Å². The maximum absolute atomic E-state index is 4.55. The molecule has 0 spiro atoms. The molecule has 2 aliphatic rings. The van der Waals surface area contributed by atoms with E-state index in [0.717, 1.165) is 0 Å². The molecule has 0 radical (unpaired) electrons. The van der Waals surface area contributed by atoms with Crippen LogP contribution in [0.3, 0.4) is 0 Å². The highest BCUT2D eigenvalue weighted by Gasteiger charge is 2.20. The molecule has 2 aliphatic carbocycles. The molecule has 1 atom stereocenters. The van der Waals surface area contributed by atoms with Crippen LogP contribution >= 0.6 is 0 Å². The van der Waals surface area contributed by atoms with Crippen molar-refractivity contribution in [1.82, 2.24) is 5.43 Å². The third-order valence-electron chi connectivity index (χ3n) is 5.20. The van der Waals surface area contributed by atoms with Crippen LogP contribution in [0.25, 0.3) is 6.08 Å². The van der Waals surface area contributed by atoms with E-state index in [1.807, 2.05) is 6.21 Å². The SMILES string of the molecule is C1=CC(c2ccccc2C=NNC2CCCCC2)c2ccccc21. The summed E-state index contributed by atoms with van der Waals surface area (Å²) in [5, 5.41) is 4.55. The molecule has 122 valence electrons. The quantitative estimate of drug-likeness (QED) is 0.616. The molecule has 0 aromatic heterocycles. The van der Waals surface area contributed by atoms with Gasteiger partial charge in [0.15, 0.2) is 0 Å². The van der Waals surface area contributed by atoms with Crippen LogP contribution in [-0.2, 0) is 0 Å². The van der Waals surface area contributed by atoms with Crippen LogP contribution in [-0.4, -0.2) is 12.3 Å². The summed E-state index contributed by atoms with van der Waals surface area (Å²) in [4.78, 5) is 0. The molecule has 2 nitrogen and oxygen atoms in total. The number of hydrogen-bond donors (Lipinski definition) is 1. The minimum atomic E-state index is 0.332. The first kappa shape index (κ1) is 15.2. The van der Waals surface area contributed by atoms with Gasteiger partial charge in [-0.1, -0.05) is 79.9 Å². The standard InChI is InChI=1S/C22H24N2/c1-2-10-19(11-3-1)24-23-16-18-9-5-7-13-21(18)22-15-14-17-8-4-6-12-20(17)22/h4-9,12-16,19,22,24H,1-3,10-11H2. The van der Waals surface area contributed by atoms with E-state index in [1.165, 1.54) is 54.4 Å². The van der Waals surface area contributed by atoms with Crippen molar-refractivity contribution in [1.29, 1.82) is 0 Å². The fraction of sp³-hybridized carbons (Fsp3) is 0.318. The van der Waals surface area contributed by atoms with Gasteiger partial charge in [0.2, 0.25) is 0 Å². The summed E-state index contributed by atoms with van der Waals surface area (Å²) in [7, 11) is 0. The third kappa shape index (κ3) is 3.14. The number of hydrazone groups is 1. The molecule has 1 saturated carbocycles. The van der Waals surface area contributed by atoms with Crippen LogP contribution in [0.4, 0.5) is 0 Å². The molecule has 0 aliphatic heterocycles. The first-order valence-electron chi connectivity index (χ1n) is 9.06. The number of fused-ring (bicyclic) bond motifs is 1. The fourth-order valence-electron chi connectivity index (χ4n) is 3.88. The summed E-state index contributed by atoms with van der Waals surface area (Å²) < 4.78 is 0. The summed E-state index contributed by atoms with van der Waals surface area (Å²) in [5.41, 5.74) is 8.60. The van der Waals surface area contributed by atoms with Crippen LogP contribution in [0.2, 0.25) is 0 Å². The Kier molecular flexibility index (Phi) is 4.46. The smallest absolute Gasteiger partial charge is 0.0543 e. The van der Waals surface area contributed by atoms with Crippen molar-refractivity contribution in [3.05, 3.63) is 76.9 Å². The minimum absolute atomic E-state index is 0.332. The number of hydrogen-bond acceptors (Lipinski definition) is 2. The topological polar surface area (TPSA) is 24.4 Å². The van der Waals surface area contributed by atoms with Gasteiger partial charge in [-0.2, -0.15) is 5.10 Å². The molecule has 0 amide bonds. The number of rotatable bonds is 4. The zero-order chi connectivity index (χ0) is 16.2. The zero-order valence-electron chi connectivity index (χ0n) is 14.0. The summed E-state index contributed by atoms with van der Waals surface area (Å²) in [6.07, 6.45) is 13.0. The second kappa shape index (κ2) is 7.04. The fourth-order valence-corrected chi connectivity index (χ4v) is 3.88. The van der Waals surface area contributed by atoms with Crippen molar-refractivity contribution in [3.8, 4) is 0 Å². The number of nitrogens with one attached hydrogen (secondary N) is 1. The number of allylic oxidation sites excluding steroid dienone is 1. The van der Waals surface area contributed by atoms with Gasteiger partial charge in [-0.25, -0.2) is 0 Å². The Morgan fingerprint density at radius 3 is 2.50 bits per heavy atom. The van der Waals surface area contributed by atoms with Gasteiger partial charge in [-0.05, 0) is 35.1 Å². The molecule has 1 N–H and O–H groups in total. The highest BCUT2D eigenvalue weighted by atomic mass is 15.3. The Labute approximate surface area is 144 Å². The second-order valence-corrected chi connectivity index (χ2v) is 6.82. The zero-order valence-corrected chi connectivity index (χ0v) is 14.0. The second-order valence-electron chi connectivity index (χ2n) is 6.82. The van der Waals surface area contributed by atoms with Crippen molar-refractivity contribution in [2.75, 3.05) is 0 Å². The van der Waals surface area contributed by atoms with E-state index in [2.05, 4.69) is 71.2 Å². The van der Waals surface area contributed by atoms with E-state index >= 15 is 0 Å². The van der Waals surface area contributed by atoms with Gasteiger partial charge in [0.1, 0.15) is 0 Å². The van der Waals surface area contributed by atoms with Gasteiger partial charge in [0.25, 0.3) is 0 Å². The molecule has 0 heterocycles. The van der Waals surface area contributed by atoms with E-state index in [0.29, 0.717) is 12.0 Å². The minimum Gasteiger partial charge on any atom is -0.307 e. The van der Waals surface area contributed by atoms with E-state index in [4.69, 9.17) is 0 Å². The molecule has 1 fully saturated rings. The maximum Gasteiger partial charge on any atom is 0.0543 e. The van der Waals surface area contributed by atoms with Crippen LogP contribution in [0.1, 0.15) is 60.3 Å². The maximum atomic E-state index is 4.55. The molecule has 0 bridgehead atoms. The van der Waals surface area contributed by atoms with Gasteiger partial charge in [-0.3, -0.25) is 0 Å². The van der Waals surface area contributed by atoms with Crippen LogP contribution < -0.4 is 5.43 Å². The van der Waals surface area contributed by atoms with Crippen molar-refractivity contribution >= 4 is 12.3 Å².